The SMILES string of the molecule is CCCCCCCCCCCCCCCCCCSC[C@@H](O)CO. The molecule has 0 amide bonds. The van der Waals surface area contributed by atoms with Gasteiger partial charge in [0.1, 0.15) is 0 Å². The summed E-state index contributed by atoms with van der Waals surface area (Å²) in [6.07, 6.45) is 22.0. The third kappa shape index (κ3) is 20.3. The number of aliphatic hydroxyl groups is 2. The Hall–Kier alpha value is 0.270. The van der Waals surface area contributed by atoms with E-state index in [-0.39, 0.29) is 6.61 Å². The summed E-state index contributed by atoms with van der Waals surface area (Å²) in [4.78, 5) is 0. The first kappa shape index (κ1) is 24.3. The maximum Gasteiger partial charge on any atom is 0.0861 e. The Morgan fingerprint density at radius 3 is 1.38 bits per heavy atom. The van der Waals surface area contributed by atoms with Crippen LogP contribution in [0.5, 0.6) is 0 Å². The first-order chi connectivity index (χ1) is 11.8. The van der Waals surface area contributed by atoms with Crippen LogP contribution in [-0.2, 0) is 0 Å². The third-order valence-electron chi connectivity index (χ3n) is 4.66. The monoisotopic (exact) mass is 360 g/mol. The van der Waals surface area contributed by atoms with Gasteiger partial charge in [-0.15, -0.1) is 0 Å². The maximum atomic E-state index is 9.22. The quantitative estimate of drug-likeness (QED) is 0.249. The van der Waals surface area contributed by atoms with Crippen molar-refractivity contribution in [2.24, 2.45) is 0 Å². The molecular formula is C21H44O2S. The summed E-state index contributed by atoms with van der Waals surface area (Å²) < 4.78 is 0. The van der Waals surface area contributed by atoms with Crippen molar-refractivity contribution < 1.29 is 10.2 Å². The predicted molar refractivity (Wildman–Crippen MR) is 110 cm³/mol. The lowest BCUT2D eigenvalue weighted by Gasteiger charge is -2.06. The van der Waals surface area contributed by atoms with E-state index in [2.05, 4.69) is 6.92 Å². The molecule has 0 rings (SSSR count). The van der Waals surface area contributed by atoms with Crippen LogP contribution in [0, 0.1) is 0 Å². The van der Waals surface area contributed by atoms with E-state index in [0.717, 1.165) is 5.75 Å². The third-order valence-corrected chi connectivity index (χ3v) is 5.86. The van der Waals surface area contributed by atoms with E-state index < -0.39 is 6.10 Å². The Bertz CT molecular complexity index is 224. The molecule has 0 fully saturated rings. The van der Waals surface area contributed by atoms with E-state index >= 15 is 0 Å². The molecule has 0 aliphatic heterocycles. The molecule has 0 spiro atoms. The number of rotatable bonds is 20. The summed E-state index contributed by atoms with van der Waals surface area (Å²) >= 11 is 1.76. The van der Waals surface area contributed by atoms with Gasteiger partial charge in [-0.3, -0.25) is 0 Å². The van der Waals surface area contributed by atoms with Crippen LogP contribution in [0.2, 0.25) is 0 Å². The lowest BCUT2D eigenvalue weighted by Crippen LogP contribution is -2.14. The second kappa shape index (κ2) is 21.3. The molecule has 3 heteroatoms. The van der Waals surface area contributed by atoms with Crippen molar-refractivity contribution in [2.75, 3.05) is 18.1 Å². The van der Waals surface area contributed by atoms with Crippen LogP contribution < -0.4 is 0 Å². The molecule has 0 aliphatic rings. The summed E-state index contributed by atoms with van der Waals surface area (Å²) in [5, 5.41) is 17.9. The molecule has 0 radical (unpaired) electrons. The van der Waals surface area contributed by atoms with Crippen LogP contribution in [0.15, 0.2) is 0 Å². The normalized spacial score (nSPS) is 12.6. The van der Waals surface area contributed by atoms with E-state index in [9.17, 15) is 5.11 Å². The smallest absolute Gasteiger partial charge is 0.0861 e. The minimum absolute atomic E-state index is 0.105. The first-order valence-electron chi connectivity index (χ1n) is 10.7. The van der Waals surface area contributed by atoms with E-state index in [1.807, 2.05) is 0 Å². The van der Waals surface area contributed by atoms with Crippen molar-refractivity contribution in [3.05, 3.63) is 0 Å². The number of aliphatic hydroxyl groups excluding tert-OH is 2. The number of unbranched alkanes of at least 4 members (excludes halogenated alkanes) is 15. The topological polar surface area (TPSA) is 40.5 Å². The zero-order valence-corrected chi connectivity index (χ0v) is 17.1. The van der Waals surface area contributed by atoms with Crippen LogP contribution in [0.4, 0.5) is 0 Å². The molecule has 0 saturated heterocycles. The standard InChI is InChI=1S/C21H44O2S/c1-2-3-4-5-6-7-8-9-10-11-12-13-14-15-16-17-18-24-20-21(23)19-22/h21-23H,2-20H2,1H3/t21-/m0/s1. The van der Waals surface area contributed by atoms with Crippen molar-refractivity contribution >= 4 is 11.8 Å². The van der Waals surface area contributed by atoms with Crippen LogP contribution >= 0.6 is 11.8 Å². The highest BCUT2D eigenvalue weighted by molar-refractivity contribution is 7.99. The van der Waals surface area contributed by atoms with Gasteiger partial charge in [-0.2, -0.15) is 11.8 Å². The van der Waals surface area contributed by atoms with Crippen LogP contribution in [0.3, 0.4) is 0 Å². The van der Waals surface area contributed by atoms with Crippen LogP contribution in [0.1, 0.15) is 110 Å². The second-order valence-corrected chi connectivity index (χ2v) is 8.36. The van der Waals surface area contributed by atoms with Crippen molar-refractivity contribution in [2.45, 2.75) is 116 Å². The van der Waals surface area contributed by atoms with Crippen molar-refractivity contribution in [1.29, 1.82) is 0 Å². The van der Waals surface area contributed by atoms with Gasteiger partial charge < -0.3 is 10.2 Å². The molecular weight excluding hydrogens is 316 g/mol. The van der Waals surface area contributed by atoms with Gasteiger partial charge in [0, 0.05) is 5.75 Å². The van der Waals surface area contributed by atoms with Gasteiger partial charge in [0.25, 0.3) is 0 Å². The van der Waals surface area contributed by atoms with Gasteiger partial charge in [0.05, 0.1) is 12.7 Å². The van der Waals surface area contributed by atoms with Gasteiger partial charge in [-0.1, -0.05) is 103 Å². The number of hydrogen-bond acceptors (Lipinski definition) is 3. The summed E-state index contributed by atoms with van der Waals surface area (Å²) in [6, 6.07) is 0. The predicted octanol–water partition coefficient (Wildman–Crippen LogP) is 6.33. The highest BCUT2D eigenvalue weighted by atomic mass is 32.2. The van der Waals surface area contributed by atoms with E-state index in [0.29, 0.717) is 5.75 Å². The van der Waals surface area contributed by atoms with Gasteiger partial charge in [0.2, 0.25) is 0 Å². The molecule has 1 atom stereocenters. The van der Waals surface area contributed by atoms with Gasteiger partial charge in [0.15, 0.2) is 0 Å². The zero-order chi connectivity index (χ0) is 17.7. The molecule has 24 heavy (non-hydrogen) atoms. The Kier molecular flexibility index (Phi) is 21.6. The van der Waals surface area contributed by atoms with Crippen molar-refractivity contribution in [1.82, 2.24) is 0 Å². The molecule has 0 heterocycles. The Balaban J connectivity index is 2.98. The molecule has 146 valence electrons. The maximum absolute atomic E-state index is 9.22. The molecule has 0 aromatic carbocycles. The molecule has 0 aliphatic carbocycles. The highest BCUT2D eigenvalue weighted by Gasteiger charge is 2.00. The lowest BCUT2D eigenvalue weighted by molar-refractivity contribution is 0.113. The van der Waals surface area contributed by atoms with Crippen molar-refractivity contribution in [3.63, 3.8) is 0 Å². The minimum atomic E-state index is -0.531. The fourth-order valence-electron chi connectivity index (χ4n) is 3.02. The van der Waals surface area contributed by atoms with Gasteiger partial charge in [-0.25, -0.2) is 0 Å². The first-order valence-corrected chi connectivity index (χ1v) is 11.8. The molecule has 0 aromatic heterocycles. The Morgan fingerprint density at radius 2 is 1.00 bits per heavy atom. The van der Waals surface area contributed by atoms with Crippen molar-refractivity contribution in [3.8, 4) is 0 Å². The second-order valence-electron chi connectivity index (χ2n) is 7.21. The zero-order valence-electron chi connectivity index (χ0n) is 16.3. The Labute approximate surface area is 156 Å². The lowest BCUT2D eigenvalue weighted by atomic mass is 10.0. The van der Waals surface area contributed by atoms with E-state index in [4.69, 9.17) is 5.11 Å². The molecule has 2 nitrogen and oxygen atoms in total. The summed E-state index contributed by atoms with van der Waals surface area (Å²) in [5.74, 6) is 1.80. The van der Waals surface area contributed by atoms with E-state index in [1.54, 1.807) is 11.8 Å². The fourth-order valence-corrected chi connectivity index (χ4v) is 3.98. The number of hydrogen-bond donors (Lipinski definition) is 2. The largest absolute Gasteiger partial charge is 0.394 e. The van der Waals surface area contributed by atoms with Crippen LogP contribution in [0.25, 0.3) is 0 Å². The average molecular weight is 361 g/mol. The van der Waals surface area contributed by atoms with Gasteiger partial charge >= 0.3 is 0 Å². The number of thioether (sulfide) groups is 1. The Morgan fingerprint density at radius 1 is 0.625 bits per heavy atom. The molecule has 0 bridgehead atoms. The fraction of sp³-hybridized carbons (Fsp3) is 1.00. The molecule has 0 saturated carbocycles. The average Bonchev–Trinajstić information content (AvgIpc) is 2.60. The summed E-state index contributed by atoms with van der Waals surface area (Å²) in [6.45, 7) is 2.18. The minimum Gasteiger partial charge on any atom is -0.394 e. The summed E-state index contributed by atoms with van der Waals surface area (Å²) in [7, 11) is 0. The molecule has 0 unspecified atom stereocenters. The van der Waals surface area contributed by atoms with Crippen LogP contribution in [-0.4, -0.2) is 34.4 Å². The highest BCUT2D eigenvalue weighted by Crippen LogP contribution is 2.14. The molecule has 0 aromatic rings. The molecule has 2 N–H and O–H groups in total. The van der Waals surface area contributed by atoms with E-state index in [1.165, 1.54) is 103 Å². The van der Waals surface area contributed by atoms with Gasteiger partial charge in [-0.05, 0) is 12.2 Å². The summed E-state index contributed by atoms with van der Waals surface area (Å²) in [5.41, 5.74) is 0.